The van der Waals surface area contributed by atoms with Gasteiger partial charge in [-0.3, -0.25) is 9.78 Å². The molecule has 0 aliphatic carbocycles. The van der Waals surface area contributed by atoms with Crippen molar-refractivity contribution in [1.82, 2.24) is 4.98 Å². The Kier molecular flexibility index (Phi) is 4.94. The molecule has 0 radical (unpaired) electrons. The van der Waals surface area contributed by atoms with E-state index in [0.29, 0.717) is 21.8 Å². The lowest BCUT2D eigenvalue weighted by atomic mass is 10.1. The minimum atomic E-state index is -0.260. The number of carbonyl (C=O) groups excluding carboxylic acids is 1. The fourth-order valence-electron chi connectivity index (χ4n) is 1.74. The summed E-state index contributed by atoms with van der Waals surface area (Å²) in [5, 5.41) is 12.1. The van der Waals surface area contributed by atoms with E-state index >= 15 is 0 Å². The number of aryl methyl sites for hydroxylation is 1. The van der Waals surface area contributed by atoms with Crippen LogP contribution in [0, 0.1) is 18.8 Å². The number of carbonyl (C=O) groups is 1. The highest BCUT2D eigenvalue weighted by molar-refractivity contribution is 6.30. The van der Waals surface area contributed by atoms with E-state index < -0.39 is 0 Å². The number of hydrogen-bond acceptors (Lipinski definition) is 3. The largest absolute Gasteiger partial charge is 0.384 e. The summed E-state index contributed by atoms with van der Waals surface area (Å²) in [4.78, 5) is 16.3. The molecule has 0 spiro atoms. The molecule has 0 aliphatic heterocycles. The van der Waals surface area contributed by atoms with Gasteiger partial charge in [0.25, 0.3) is 5.91 Å². The Balaban J connectivity index is 2.29. The molecular formula is C16H13ClN2O2. The summed E-state index contributed by atoms with van der Waals surface area (Å²) < 4.78 is 0. The van der Waals surface area contributed by atoms with Crippen molar-refractivity contribution in [3.8, 4) is 11.8 Å². The van der Waals surface area contributed by atoms with Crippen molar-refractivity contribution in [2.24, 2.45) is 0 Å². The number of rotatable bonds is 2. The molecule has 2 rings (SSSR count). The van der Waals surface area contributed by atoms with Gasteiger partial charge in [0.05, 0.1) is 5.69 Å². The maximum absolute atomic E-state index is 12.2. The smallest absolute Gasteiger partial charge is 0.255 e. The zero-order valence-electron chi connectivity index (χ0n) is 11.4. The normalized spacial score (nSPS) is 9.67. The van der Waals surface area contributed by atoms with Gasteiger partial charge >= 0.3 is 0 Å². The topological polar surface area (TPSA) is 62.2 Å². The summed E-state index contributed by atoms with van der Waals surface area (Å²) >= 11 is 5.92. The van der Waals surface area contributed by atoms with Gasteiger partial charge in [0.1, 0.15) is 6.61 Å². The molecule has 21 heavy (non-hydrogen) atoms. The molecule has 0 atom stereocenters. The standard InChI is InChI=1S/C16H13ClN2O2/c1-11-9-13(6-7-18-11)16(21)19-15-5-4-14(17)10-12(15)3-2-8-20/h4-7,9-10,20H,8H2,1H3,(H,19,21). The number of aromatic nitrogens is 1. The molecule has 1 amide bonds. The Labute approximate surface area is 127 Å². The van der Waals surface area contributed by atoms with E-state index in [-0.39, 0.29) is 12.5 Å². The first kappa shape index (κ1) is 15.0. The van der Waals surface area contributed by atoms with E-state index in [1.807, 2.05) is 6.92 Å². The van der Waals surface area contributed by atoms with E-state index in [1.54, 1.807) is 36.5 Å². The number of pyridine rings is 1. The van der Waals surface area contributed by atoms with E-state index in [1.165, 1.54) is 0 Å². The second-order valence-corrected chi connectivity index (χ2v) is 4.73. The predicted molar refractivity (Wildman–Crippen MR) is 82.3 cm³/mol. The van der Waals surface area contributed by atoms with Crippen LogP contribution in [-0.2, 0) is 0 Å². The Bertz CT molecular complexity index is 733. The average Bonchev–Trinajstić information content (AvgIpc) is 2.47. The Morgan fingerprint density at radius 3 is 2.90 bits per heavy atom. The zero-order chi connectivity index (χ0) is 15.2. The van der Waals surface area contributed by atoms with Crippen molar-refractivity contribution in [2.75, 3.05) is 11.9 Å². The molecule has 0 unspecified atom stereocenters. The maximum Gasteiger partial charge on any atom is 0.255 e. The predicted octanol–water partition coefficient (Wildman–Crippen LogP) is 2.64. The minimum absolute atomic E-state index is 0.255. The molecule has 0 aliphatic rings. The molecule has 1 aromatic carbocycles. The first-order valence-corrected chi connectivity index (χ1v) is 6.61. The van der Waals surface area contributed by atoms with Crippen LogP contribution in [0.4, 0.5) is 5.69 Å². The molecular weight excluding hydrogens is 288 g/mol. The molecule has 106 valence electrons. The van der Waals surface area contributed by atoms with Gasteiger partial charge in [0.2, 0.25) is 0 Å². The number of anilines is 1. The maximum atomic E-state index is 12.2. The van der Waals surface area contributed by atoms with Crippen molar-refractivity contribution in [3.05, 3.63) is 58.4 Å². The van der Waals surface area contributed by atoms with Gasteiger partial charge in [0, 0.05) is 28.0 Å². The number of benzene rings is 1. The van der Waals surface area contributed by atoms with E-state index in [2.05, 4.69) is 22.1 Å². The van der Waals surface area contributed by atoms with Gasteiger partial charge < -0.3 is 10.4 Å². The Morgan fingerprint density at radius 2 is 2.19 bits per heavy atom. The third kappa shape index (κ3) is 4.06. The first-order valence-electron chi connectivity index (χ1n) is 6.23. The number of aliphatic hydroxyl groups is 1. The second-order valence-electron chi connectivity index (χ2n) is 4.29. The van der Waals surface area contributed by atoms with Crippen molar-refractivity contribution in [3.63, 3.8) is 0 Å². The number of nitrogens with one attached hydrogen (secondary N) is 1. The molecule has 5 heteroatoms. The second kappa shape index (κ2) is 6.89. The van der Waals surface area contributed by atoms with Crippen LogP contribution in [-0.4, -0.2) is 22.6 Å². The van der Waals surface area contributed by atoms with Crippen LogP contribution in [0.15, 0.2) is 36.5 Å². The van der Waals surface area contributed by atoms with Gasteiger partial charge in [-0.1, -0.05) is 23.4 Å². The molecule has 0 saturated heterocycles. The number of nitrogens with zero attached hydrogens (tertiary/aromatic N) is 1. The lowest BCUT2D eigenvalue weighted by molar-refractivity contribution is 0.102. The summed E-state index contributed by atoms with van der Waals surface area (Å²) in [6.45, 7) is 1.56. The first-order chi connectivity index (χ1) is 10.1. The highest BCUT2D eigenvalue weighted by atomic mass is 35.5. The quantitative estimate of drug-likeness (QED) is 0.838. The van der Waals surface area contributed by atoms with Gasteiger partial charge in [-0.25, -0.2) is 0 Å². The van der Waals surface area contributed by atoms with E-state index in [9.17, 15) is 4.79 Å². The van der Waals surface area contributed by atoms with Crippen molar-refractivity contribution in [2.45, 2.75) is 6.92 Å². The van der Waals surface area contributed by atoms with Crippen LogP contribution in [0.3, 0.4) is 0 Å². The monoisotopic (exact) mass is 300 g/mol. The van der Waals surface area contributed by atoms with E-state index in [0.717, 1.165) is 5.69 Å². The summed E-state index contributed by atoms with van der Waals surface area (Å²) in [7, 11) is 0. The van der Waals surface area contributed by atoms with Crippen LogP contribution < -0.4 is 5.32 Å². The summed E-state index contributed by atoms with van der Waals surface area (Å²) in [5.74, 6) is 5.05. The third-order valence-corrected chi connectivity index (χ3v) is 2.93. The van der Waals surface area contributed by atoms with Crippen LogP contribution >= 0.6 is 11.6 Å². The average molecular weight is 301 g/mol. The van der Waals surface area contributed by atoms with E-state index in [4.69, 9.17) is 16.7 Å². The number of amides is 1. The minimum Gasteiger partial charge on any atom is -0.384 e. The fraction of sp³-hybridized carbons (Fsp3) is 0.125. The van der Waals surface area contributed by atoms with Gasteiger partial charge in [-0.15, -0.1) is 0 Å². The molecule has 2 aromatic rings. The molecule has 0 fully saturated rings. The molecule has 1 heterocycles. The lowest BCUT2D eigenvalue weighted by Gasteiger charge is -2.08. The number of hydrogen-bond donors (Lipinski definition) is 2. The third-order valence-electron chi connectivity index (χ3n) is 2.69. The van der Waals surface area contributed by atoms with Crippen LogP contribution in [0.25, 0.3) is 0 Å². The Hall–Kier alpha value is -2.35. The molecule has 4 nitrogen and oxygen atoms in total. The molecule has 1 aromatic heterocycles. The molecule has 2 N–H and O–H groups in total. The highest BCUT2D eigenvalue weighted by Crippen LogP contribution is 2.20. The molecule has 0 saturated carbocycles. The molecule has 0 bridgehead atoms. The van der Waals surface area contributed by atoms with Crippen LogP contribution in [0.1, 0.15) is 21.6 Å². The summed E-state index contributed by atoms with van der Waals surface area (Å²) in [6, 6.07) is 8.31. The summed E-state index contributed by atoms with van der Waals surface area (Å²) in [6.07, 6.45) is 1.58. The van der Waals surface area contributed by atoms with Crippen molar-refractivity contribution >= 4 is 23.2 Å². The van der Waals surface area contributed by atoms with Gasteiger partial charge in [-0.05, 0) is 37.3 Å². The van der Waals surface area contributed by atoms with Crippen molar-refractivity contribution in [1.29, 1.82) is 0 Å². The zero-order valence-corrected chi connectivity index (χ0v) is 12.1. The number of halogens is 1. The fourth-order valence-corrected chi connectivity index (χ4v) is 1.92. The van der Waals surface area contributed by atoms with Crippen LogP contribution in [0.5, 0.6) is 0 Å². The lowest BCUT2D eigenvalue weighted by Crippen LogP contribution is -2.13. The van der Waals surface area contributed by atoms with Crippen molar-refractivity contribution < 1.29 is 9.90 Å². The number of aliphatic hydroxyl groups excluding tert-OH is 1. The highest BCUT2D eigenvalue weighted by Gasteiger charge is 2.09. The van der Waals surface area contributed by atoms with Crippen LogP contribution in [0.2, 0.25) is 5.02 Å². The SMILES string of the molecule is Cc1cc(C(=O)Nc2ccc(Cl)cc2C#CCO)ccn1. The summed E-state index contributed by atoms with van der Waals surface area (Å²) in [5.41, 5.74) is 2.37. The Morgan fingerprint density at radius 1 is 1.38 bits per heavy atom. The van der Waals surface area contributed by atoms with Gasteiger partial charge in [-0.2, -0.15) is 0 Å². The van der Waals surface area contributed by atoms with Gasteiger partial charge in [0.15, 0.2) is 0 Å².